The van der Waals surface area contributed by atoms with Crippen LogP contribution in [0.5, 0.6) is 0 Å². The molecule has 0 spiro atoms. The normalized spacial score (nSPS) is 29.5. The zero-order valence-corrected chi connectivity index (χ0v) is 12.8. The van der Waals surface area contributed by atoms with Crippen molar-refractivity contribution in [3.05, 3.63) is 15.6 Å². The largest absolute Gasteiger partial charge is 0.308 e. The topological polar surface area (TPSA) is 24.9 Å². The van der Waals surface area contributed by atoms with Gasteiger partial charge in [-0.3, -0.25) is 0 Å². The predicted octanol–water partition coefficient (Wildman–Crippen LogP) is 3.34. The second kappa shape index (κ2) is 5.29. The van der Waals surface area contributed by atoms with E-state index in [0.29, 0.717) is 5.25 Å². The Morgan fingerprint density at radius 2 is 2.29 bits per heavy atom. The summed E-state index contributed by atoms with van der Waals surface area (Å²) in [7, 11) is 2.09. The summed E-state index contributed by atoms with van der Waals surface area (Å²) in [5, 5.41) is 5.48. The van der Waals surface area contributed by atoms with Gasteiger partial charge in [-0.1, -0.05) is 13.8 Å². The molecule has 0 saturated carbocycles. The Hall–Kier alpha value is -0.0600. The van der Waals surface area contributed by atoms with E-state index in [1.54, 1.807) is 0 Å². The maximum atomic E-state index is 4.89. The predicted molar refractivity (Wildman–Crippen MR) is 78.1 cm³/mol. The molecule has 1 aromatic rings. The molecular formula is C13H22N2S2. The summed E-state index contributed by atoms with van der Waals surface area (Å²) in [4.78, 5) is 6.28. The number of hydrogen-bond acceptors (Lipinski definition) is 4. The van der Waals surface area contributed by atoms with Crippen molar-refractivity contribution < 1.29 is 0 Å². The summed E-state index contributed by atoms with van der Waals surface area (Å²) >= 11 is 3.96. The summed E-state index contributed by atoms with van der Waals surface area (Å²) in [6.07, 6.45) is 3.55. The van der Waals surface area contributed by atoms with Crippen molar-refractivity contribution in [2.24, 2.45) is 0 Å². The molecule has 96 valence electrons. The van der Waals surface area contributed by atoms with E-state index < -0.39 is 0 Å². The van der Waals surface area contributed by atoms with Crippen LogP contribution in [0.2, 0.25) is 0 Å². The molecule has 0 aromatic carbocycles. The lowest BCUT2D eigenvalue weighted by Gasteiger charge is -2.40. The van der Waals surface area contributed by atoms with Crippen molar-refractivity contribution in [2.75, 3.05) is 12.8 Å². The summed E-state index contributed by atoms with van der Waals surface area (Å²) in [5.74, 6) is 1.29. The summed E-state index contributed by atoms with van der Waals surface area (Å²) in [6.45, 7) is 6.73. The van der Waals surface area contributed by atoms with Gasteiger partial charge in [-0.15, -0.1) is 11.3 Å². The number of aryl methyl sites for hydroxylation is 2. The number of nitrogens with zero attached hydrogens (tertiary/aromatic N) is 1. The fourth-order valence-corrected chi connectivity index (χ4v) is 5.31. The number of thiazole rings is 1. The van der Waals surface area contributed by atoms with Crippen LogP contribution in [0.3, 0.4) is 0 Å². The van der Waals surface area contributed by atoms with E-state index in [4.69, 9.17) is 4.98 Å². The van der Waals surface area contributed by atoms with Crippen molar-refractivity contribution in [2.45, 2.75) is 50.8 Å². The van der Waals surface area contributed by atoms with Crippen LogP contribution >= 0.6 is 23.1 Å². The maximum absolute atomic E-state index is 4.89. The van der Waals surface area contributed by atoms with E-state index in [0.717, 1.165) is 6.42 Å². The van der Waals surface area contributed by atoms with Gasteiger partial charge in [0, 0.05) is 10.1 Å². The lowest BCUT2D eigenvalue weighted by molar-refractivity contribution is 0.317. The van der Waals surface area contributed by atoms with Crippen LogP contribution in [0.25, 0.3) is 0 Å². The van der Waals surface area contributed by atoms with E-state index in [1.807, 2.05) is 11.3 Å². The van der Waals surface area contributed by atoms with Crippen LogP contribution < -0.4 is 5.32 Å². The molecule has 2 unspecified atom stereocenters. The molecule has 17 heavy (non-hydrogen) atoms. The fraction of sp³-hybridized carbons (Fsp3) is 0.769. The van der Waals surface area contributed by atoms with E-state index in [1.165, 1.54) is 34.2 Å². The zero-order valence-electron chi connectivity index (χ0n) is 11.2. The molecule has 2 nitrogen and oxygen atoms in total. The molecular weight excluding hydrogens is 248 g/mol. The third-order valence-electron chi connectivity index (χ3n) is 3.83. The molecule has 2 heterocycles. The Bertz CT molecular complexity index is 389. The monoisotopic (exact) mass is 270 g/mol. The minimum atomic E-state index is 0.103. The van der Waals surface area contributed by atoms with E-state index in [2.05, 4.69) is 44.9 Å². The van der Waals surface area contributed by atoms with Crippen LogP contribution in [0.15, 0.2) is 0 Å². The van der Waals surface area contributed by atoms with Gasteiger partial charge in [-0.2, -0.15) is 11.8 Å². The maximum Gasteiger partial charge on any atom is 0.114 e. The van der Waals surface area contributed by atoms with Crippen molar-refractivity contribution in [3.63, 3.8) is 0 Å². The molecule has 0 amide bonds. The zero-order chi connectivity index (χ0) is 12.5. The van der Waals surface area contributed by atoms with Crippen LogP contribution in [0, 0.1) is 6.92 Å². The van der Waals surface area contributed by atoms with Crippen molar-refractivity contribution in [1.29, 1.82) is 0 Å². The van der Waals surface area contributed by atoms with E-state index >= 15 is 0 Å². The molecule has 1 aliphatic heterocycles. The minimum absolute atomic E-state index is 0.103. The Morgan fingerprint density at radius 3 is 2.82 bits per heavy atom. The Kier molecular flexibility index (Phi) is 4.16. The Labute approximate surface area is 113 Å². The molecule has 2 atom stereocenters. The molecule has 1 N–H and O–H groups in total. The van der Waals surface area contributed by atoms with Gasteiger partial charge in [-0.05, 0) is 39.0 Å². The third-order valence-corrected chi connectivity index (χ3v) is 6.45. The quantitative estimate of drug-likeness (QED) is 0.912. The number of hydrogen-bond donors (Lipinski definition) is 1. The van der Waals surface area contributed by atoms with Crippen LogP contribution in [0.4, 0.5) is 0 Å². The van der Waals surface area contributed by atoms with Gasteiger partial charge >= 0.3 is 0 Å². The summed E-state index contributed by atoms with van der Waals surface area (Å²) in [6, 6.07) is 0. The van der Waals surface area contributed by atoms with Crippen LogP contribution in [-0.4, -0.2) is 23.0 Å². The highest BCUT2D eigenvalue weighted by atomic mass is 32.2. The van der Waals surface area contributed by atoms with Gasteiger partial charge in [0.2, 0.25) is 0 Å². The Balaban J connectivity index is 2.39. The second-order valence-corrected chi connectivity index (χ2v) is 7.37. The lowest BCUT2D eigenvalue weighted by atomic mass is 9.90. The summed E-state index contributed by atoms with van der Waals surface area (Å²) < 4.78 is 0. The first-order chi connectivity index (χ1) is 8.14. The standard InChI is InChI=1S/C13H22N2S2/c1-5-11-9(2)17-12(15-11)13(14-4)7-6-8-16-10(13)3/h10,14H,5-8H2,1-4H3. The molecule has 0 bridgehead atoms. The molecule has 1 fully saturated rings. The number of nitrogens with one attached hydrogen (secondary N) is 1. The smallest absolute Gasteiger partial charge is 0.114 e. The van der Waals surface area contributed by atoms with Gasteiger partial charge in [-0.25, -0.2) is 4.98 Å². The van der Waals surface area contributed by atoms with Gasteiger partial charge in [0.1, 0.15) is 5.01 Å². The highest BCUT2D eigenvalue weighted by Crippen LogP contribution is 2.43. The minimum Gasteiger partial charge on any atom is -0.308 e. The highest BCUT2D eigenvalue weighted by Gasteiger charge is 2.41. The van der Waals surface area contributed by atoms with Gasteiger partial charge in [0.25, 0.3) is 0 Å². The number of rotatable bonds is 3. The number of aromatic nitrogens is 1. The van der Waals surface area contributed by atoms with Gasteiger partial charge < -0.3 is 5.32 Å². The molecule has 0 radical (unpaired) electrons. The molecule has 0 aliphatic carbocycles. The molecule has 2 rings (SSSR count). The van der Waals surface area contributed by atoms with Crippen LogP contribution in [0.1, 0.15) is 42.3 Å². The van der Waals surface area contributed by atoms with Crippen molar-refractivity contribution in [1.82, 2.24) is 10.3 Å². The molecule has 1 aromatic heterocycles. The summed E-state index contributed by atoms with van der Waals surface area (Å²) in [5.41, 5.74) is 1.38. The van der Waals surface area contributed by atoms with E-state index in [9.17, 15) is 0 Å². The fourth-order valence-electron chi connectivity index (χ4n) is 2.62. The van der Waals surface area contributed by atoms with Crippen molar-refractivity contribution in [3.8, 4) is 0 Å². The number of thioether (sulfide) groups is 1. The molecule has 4 heteroatoms. The third kappa shape index (κ3) is 2.27. The second-order valence-electron chi connectivity index (χ2n) is 4.71. The average molecular weight is 270 g/mol. The average Bonchev–Trinajstić information content (AvgIpc) is 2.72. The first kappa shape index (κ1) is 13.4. The SMILES string of the molecule is CCc1nc(C2(NC)CCCSC2C)sc1C. The molecule has 1 saturated heterocycles. The van der Waals surface area contributed by atoms with Gasteiger partial charge in [0.15, 0.2) is 0 Å². The lowest BCUT2D eigenvalue weighted by Crippen LogP contribution is -2.49. The first-order valence-electron chi connectivity index (χ1n) is 6.41. The first-order valence-corrected chi connectivity index (χ1v) is 8.28. The van der Waals surface area contributed by atoms with E-state index in [-0.39, 0.29) is 5.54 Å². The van der Waals surface area contributed by atoms with Gasteiger partial charge in [0.05, 0.1) is 11.2 Å². The van der Waals surface area contributed by atoms with Crippen LogP contribution in [-0.2, 0) is 12.0 Å². The highest BCUT2D eigenvalue weighted by molar-refractivity contribution is 8.00. The molecule has 1 aliphatic rings. The Morgan fingerprint density at radius 1 is 1.53 bits per heavy atom. The van der Waals surface area contributed by atoms with Crippen molar-refractivity contribution >= 4 is 23.1 Å².